The molecule has 1 unspecified atom stereocenters. The number of ether oxygens (including phenoxy) is 1. The first-order valence-electron chi connectivity index (χ1n) is 7.29. The molecule has 1 amide bonds. The molecule has 0 radical (unpaired) electrons. The van der Waals surface area contributed by atoms with E-state index in [-0.39, 0.29) is 11.9 Å². The van der Waals surface area contributed by atoms with Gasteiger partial charge in [-0.05, 0) is 18.9 Å². The van der Waals surface area contributed by atoms with Crippen molar-refractivity contribution in [3.05, 3.63) is 18.0 Å². The second kappa shape index (κ2) is 5.93. The minimum atomic E-state index is 0.199. The average Bonchev–Trinajstić information content (AvgIpc) is 3.10. The van der Waals surface area contributed by atoms with Crippen molar-refractivity contribution in [2.45, 2.75) is 25.4 Å². The smallest absolute Gasteiger partial charge is 0.236 e. The molecule has 6 nitrogen and oxygen atoms in total. The van der Waals surface area contributed by atoms with Crippen molar-refractivity contribution in [1.29, 1.82) is 0 Å². The number of carbonyl (C=O) groups is 1. The molecule has 1 atom stereocenters. The van der Waals surface area contributed by atoms with Gasteiger partial charge < -0.3 is 9.64 Å². The van der Waals surface area contributed by atoms with Gasteiger partial charge >= 0.3 is 0 Å². The van der Waals surface area contributed by atoms with Gasteiger partial charge in [-0.1, -0.05) is 0 Å². The quantitative estimate of drug-likeness (QED) is 0.805. The average molecular weight is 278 g/mol. The summed E-state index contributed by atoms with van der Waals surface area (Å²) in [5.74, 6) is 0.256. The molecule has 3 rings (SSSR count). The molecule has 2 aliphatic heterocycles. The predicted octanol–water partition coefficient (Wildman–Crippen LogP) is 0.509. The molecule has 0 aromatic carbocycles. The lowest BCUT2D eigenvalue weighted by Crippen LogP contribution is -2.45. The van der Waals surface area contributed by atoms with E-state index in [9.17, 15) is 4.79 Å². The van der Waals surface area contributed by atoms with Crippen molar-refractivity contribution >= 4 is 5.91 Å². The first-order chi connectivity index (χ1) is 9.78. The molecule has 1 fully saturated rings. The molecule has 110 valence electrons. The van der Waals surface area contributed by atoms with Crippen molar-refractivity contribution in [2.75, 3.05) is 39.9 Å². The Labute approximate surface area is 119 Å². The summed E-state index contributed by atoms with van der Waals surface area (Å²) in [6, 6.07) is 2.22. The predicted molar refractivity (Wildman–Crippen MR) is 74.2 cm³/mol. The molecule has 1 aromatic heterocycles. The highest BCUT2D eigenvalue weighted by Crippen LogP contribution is 2.20. The van der Waals surface area contributed by atoms with Crippen LogP contribution in [0.1, 0.15) is 24.6 Å². The third-order valence-electron chi connectivity index (χ3n) is 4.13. The van der Waals surface area contributed by atoms with Gasteiger partial charge in [-0.25, -0.2) is 0 Å². The summed E-state index contributed by atoms with van der Waals surface area (Å²) < 4.78 is 7.31. The third-order valence-corrected chi connectivity index (χ3v) is 4.13. The standard InChI is InChI=1S/C14H22N4O2/c1-20-11-13-9-16(8-12-4-5-15-18(12)13)10-14(19)17-6-2-3-7-17/h4-5,13H,2-3,6-11H2,1H3. The highest BCUT2D eigenvalue weighted by Gasteiger charge is 2.28. The van der Waals surface area contributed by atoms with Crippen molar-refractivity contribution in [1.82, 2.24) is 19.6 Å². The number of aromatic nitrogens is 2. The topological polar surface area (TPSA) is 50.6 Å². The van der Waals surface area contributed by atoms with E-state index in [0.29, 0.717) is 13.2 Å². The molecule has 0 saturated carbocycles. The minimum Gasteiger partial charge on any atom is -0.382 e. The van der Waals surface area contributed by atoms with E-state index in [1.54, 1.807) is 7.11 Å². The Hall–Kier alpha value is -1.40. The maximum Gasteiger partial charge on any atom is 0.236 e. The Bertz CT molecular complexity index is 467. The molecular weight excluding hydrogens is 256 g/mol. The summed E-state index contributed by atoms with van der Waals surface area (Å²) in [7, 11) is 1.71. The van der Waals surface area contributed by atoms with Crippen LogP contribution in [-0.4, -0.2) is 65.4 Å². The van der Waals surface area contributed by atoms with Crippen LogP contribution in [0.2, 0.25) is 0 Å². The van der Waals surface area contributed by atoms with Crippen LogP contribution < -0.4 is 0 Å². The Morgan fingerprint density at radius 1 is 1.45 bits per heavy atom. The molecule has 2 aliphatic rings. The number of fused-ring (bicyclic) bond motifs is 1. The summed E-state index contributed by atoms with van der Waals surface area (Å²) in [6.07, 6.45) is 4.11. The maximum atomic E-state index is 12.3. The lowest BCUT2D eigenvalue weighted by atomic mass is 10.2. The van der Waals surface area contributed by atoms with Crippen LogP contribution in [0.4, 0.5) is 0 Å². The SMILES string of the molecule is COCC1CN(CC(=O)N2CCCC2)Cc2ccnn21. The summed E-state index contributed by atoms with van der Waals surface area (Å²) >= 11 is 0. The summed E-state index contributed by atoms with van der Waals surface area (Å²) in [6.45, 7) is 4.59. The van der Waals surface area contributed by atoms with E-state index in [1.807, 2.05) is 21.8 Å². The lowest BCUT2D eigenvalue weighted by Gasteiger charge is -2.33. The number of carbonyl (C=O) groups excluding carboxylic acids is 1. The molecular formula is C14H22N4O2. The molecule has 1 saturated heterocycles. The van der Waals surface area contributed by atoms with Gasteiger partial charge in [0.25, 0.3) is 0 Å². The van der Waals surface area contributed by atoms with Gasteiger partial charge in [0.2, 0.25) is 5.91 Å². The van der Waals surface area contributed by atoms with Crippen LogP contribution >= 0.6 is 0 Å². The van der Waals surface area contributed by atoms with Gasteiger partial charge in [-0.2, -0.15) is 5.10 Å². The van der Waals surface area contributed by atoms with Crippen molar-refractivity contribution in [3.63, 3.8) is 0 Å². The van der Waals surface area contributed by atoms with Crippen LogP contribution in [0, 0.1) is 0 Å². The summed E-state index contributed by atoms with van der Waals surface area (Å²) in [5, 5.41) is 4.36. The molecule has 20 heavy (non-hydrogen) atoms. The number of methoxy groups -OCH3 is 1. The van der Waals surface area contributed by atoms with Crippen LogP contribution in [0.15, 0.2) is 12.3 Å². The zero-order valence-electron chi connectivity index (χ0n) is 12.0. The molecule has 0 bridgehead atoms. The number of hydrogen-bond donors (Lipinski definition) is 0. The number of rotatable bonds is 4. The van der Waals surface area contributed by atoms with Gasteiger partial charge in [-0.15, -0.1) is 0 Å². The first kappa shape index (κ1) is 13.6. The van der Waals surface area contributed by atoms with Crippen LogP contribution in [0.5, 0.6) is 0 Å². The molecule has 3 heterocycles. The number of likely N-dealkylation sites (tertiary alicyclic amines) is 1. The van der Waals surface area contributed by atoms with Crippen molar-refractivity contribution in [2.24, 2.45) is 0 Å². The van der Waals surface area contributed by atoms with E-state index in [4.69, 9.17) is 4.74 Å². The van der Waals surface area contributed by atoms with Gasteiger partial charge in [0.1, 0.15) is 0 Å². The van der Waals surface area contributed by atoms with Gasteiger partial charge in [0.15, 0.2) is 0 Å². The van der Waals surface area contributed by atoms with Crippen molar-refractivity contribution < 1.29 is 9.53 Å². The normalized spacial score (nSPS) is 23.1. The van der Waals surface area contributed by atoms with Gasteiger partial charge in [0, 0.05) is 39.5 Å². The largest absolute Gasteiger partial charge is 0.382 e. The zero-order valence-corrected chi connectivity index (χ0v) is 12.0. The molecule has 0 N–H and O–H groups in total. The van der Waals surface area contributed by atoms with Crippen LogP contribution in [0.25, 0.3) is 0 Å². The maximum absolute atomic E-state index is 12.3. The Morgan fingerprint density at radius 3 is 3.00 bits per heavy atom. The van der Waals surface area contributed by atoms with E-state index in [0.717, 1.165) is 44.7 Å². The highest BCUT2D eigenvalue weighted by atomic mass is 16.5. The highest BCUT2D eigenvalue weighted by molar-refractivity contribution is 5.78. The summed E-state index contributed by atoms with van der Waals surface area (Å²) in [5.41, 5.74) is 1.16. The Morgan fingerprint density at radius 2 is 2.25 bits per heavy atom. The van der Waals surface area contributed by atoms with E-state index in [2.05, 4.69) is 10.00 Å². The summed E-state index contributed by atoms with van der Waals surface area (Å²) in [4.78, 5) is 16.5. The van der Waals surface area contributed by atoms with Gasteiger partial charge in [-0.3, -0.25) is 14.4 Å². The second-order valence-corrected chi connectivity index (χ2v) is 5.63. The zero-order chi connectivity index (χ0) is 13.9. The number of hydrogen-bond acceptors (Lipinski definition) is 4. The monoisotopic (exact) mass is 278 g/mol. The fourth-order valence-corrected chi connectivity index (χ4v) is 3.16. The molecule has 0 aliphatic carbocycles. The van der Waals surface area contributed by atoms with E-state index in [1.165, 1.54) is 0 Å². The fraction of sp³-hybridized carbons (Fsp3) is 0.714. The number of nitrogens with zero attached hydrogens (tertiary/aromatic N) is 4. The molecule has 0 spiro atoms. The van der Waals surface area contributed by atoms with E-state index < -0.39 is 0 Å². The lowest BCUT2D eigenvalue weighted by molar-refractivity contribution is -0.131. The van der Waals surface area contributed by atoms with Gasteiger partial charge in [0.05, 0.1) is 24.9 Å². The molecule has 6 heteroatoms. The first-order valence-corrected chi connectivity index (χ1v) is 7.29. The fourth-order valence-electron chi connectivity index (χ4n) is 3.16. The second-order valence-electron chi connectivity index (χ2n) is 5.63. The van der Waals surface area contributed by atoms with Crippen LogP contribution in [0.3, 0.4) is 0 Å². The minimum absolute atomic E-state index is 0.199. The number of amides is 1. The Balaban J connectivity index is 1.65. The Kier molecular flexibility index (Phi) is 4.03. The third kappa shape index (κ3) is 2.71. The van der Waals surface area contributed by atoms with Crippen LogP contribution in [-0.2, 0) is 16.1 Å². The van der Waals surface area contributed by atoms with E-state index >= 15 is 0 Å². The molecule has 1 aromatic rings. The van der Waals surface area contributed by atoms with Crippen molar-refractivity contribution in [3.8, 4) is 0 Å².